The van der Waals surface area contributed by atoms with Gasteiger partial charge >= 0.3 is 6.09 Å². The van der Waals surface area contributed by atoms with Crippen molar-refractivity contribution in [1.82, 2.24) is 10.2 Å². The van der Waals surface area contributed by atoms with Crippen LogP contribution in [0.25, 0.3) is 0 Å². The summed E-state index contributed by atoms with van der Waals surface area (Å²) in [5.74, 6) is 0.100. The Morgan fingerprint density at radius 2 is 1.86 bits per heavy atom. The first-order valence-electron chi connectivity index (χ1n) is 7.75. The Balaban J connectivity index is 1.73. The molecule has 120 valence electrons. The highest BCUT2D eigenvalue weighted by Crippen LogP contribution is 2.18. The van der Waals surface area contributed by atoms with Crippen LogP contribution < -0.4 is 5.32 Å². The average molecular weight is 298 g/mol. The molecule has 1 N–H and O–H groups in total. The lowest BCUT2D eigenvalue weighted by atomic mass is 10.0. The zero-order chi connectivity index (χ0) is 15.5. The molecule has 0 aromatic carbocycles. The van der Waals surface area contributed by atoms with Crippen molar-refractivity contribution in [3.8, 4) is 0 Å². The van der Waals surface area contributed by atoms with Crippen LogP contribution in [0.3, 0.4) is 0 Å². The van der Waals surface area contributed by atoms with Gasteiger partial charge in [0.05, 0.1) is 0 Å². The number of likely N-dealkylation sites (tertiary alicyclic amines) is 1. The summed E-state index contributed by atoms with van der Waals surface area (Å²) in [6.45, 7) is 7.55. The molecule has 0 saturated carbocycles. The van der Waals surface area contributed by atoms with E-state index in [1.807, 2.05) is 25.7 Å². The van der Waals surface area contributed by atoms with Gasteiger partial charge in [0.1, 0.15) is 11.7 Å². The Bertz CT molecular complexity index is 378. The normalized spacial score (nSPS) is 24.0. The number of piperidine rings is 1. The van der Waals surface area contributed by atoms with Crippen molar-refractivity contribution in [2.45, 2.75) is 64.2 Å². The molecule has 0 aromatic rings. The van der Waals surface area contributed by atoms with Crippen LogP contribution in [0.4, 0.5) is 4.79 Å². The van der Waals surface area contributed by atoms with E-state index in [1.54, 1.807) is 0 Å². The molecule has 2 rings (SSSR count). The van der Waals surface area contributed by atoms with Gasteiger partial charge in [-0.1, -0.05) is 0 Å². The standard InChI is InChI=1S/C15H26N2O4/c1-15(2,3)21-14(19)16-11-6-8-17(9-7-11)13(18)12-5-4-10-20-12/h11-12H,4-10H2,1-3H3,(H,16,19). The maximum absolute atomic E-state index is 12.2. The number of alkyl carbamates (subject to hydrolysis) is 1. The van der Waals surface area contributed by atoms with Crippen LogP contribution in [0.1, 0.15) is 46.5 Å². The third kappa shape index (κ3) is 4.88. The van der Waals surface area contributed by atoms with E-state index < -0.39 is 5.60 Å². The van der Waals surface area contributed by atoms with Gasteiger partial charge in [0.25, 0.3) is 5.91 Å². The molecule has 0 spiro atoms. The summed E-state index contributed by atoms with van der Waals surface area (Å²) in [4.78, 5) is 25.8. The average Bonchev–Trinajstić information content (AvgIpc) is 2.90. The van der Waals surface area contributed by atoms with Crippen LogP contribution in [-0.4, -0.2) is 54.3 Å². The number of nitrogens with one attached hydrogen (secondary N) is 1. The number of amides is 2. The predicted octanol–water partition coefficient (Wildman–Crippen LogP) is 1.68. The van der Waals surface area contributed by atoms with Crippen molar-refractivity contribution < 1.29 is 19.1 Å². The minimum absolute atomic E-state index is 0.0772. The van der Waals surface area contributed by atoms with Gasteiger partial charge in [-0.05, 0) is 46.5 Å². The van der Waals surface area contributed by atoms with Gasteiger partial charge in [0, 0.05) is 25.7 Å². The van der Waals surface area contributed by atoms with Crippen LogP contribution in [0.15, 0.2) is 0 Å². The van der Waals surface area contributed by atoms with Crippen molar-refractivity contribution in [3.05, 3.63) is 0 Å². The van der Waals surface area contributed by atoms with Crippen LogP contribution in [0, 0.1) is 0 Å². The zero-order valence-corrected chi connectivity index (χ0v) is 13.2. The van der Waals surface area contributed by atoms with Crippen LogP contribution >= 0.6 is 0 Å². The smallest absolute Gasteiger partial charge is 0.407 e. The lowest BCUT2D eigenvalue weighted by Crippen LogP contribution is -2.49. The molecule has 2 fully saturated rings. The van der Waals surface area contributed by atoms with E-state index >= 15 is 0 Å². The van der Waals surface area contributed by atoms with Crippen molar-refractivity contribution >= 4 is 12.0 Å². The van der Waals surface area contributed by atoms with Crippen LogP contribution in [0.5, 0.6) is 0 Å². The number of rotatable bonds is 2. The molecule has 21 heavy (non-hydrogen) atoms. The number of carbonyl (C=O) groups is 2. The molecule has 2 saturated heterocycles. The van der Waals surface area contributed by atoms with Crippen molar-refractivity contribution in [1.29, 1.82) is 0 Å². The second-order valence-corrected chi connectivity index (χ2v) is 6.75. The van der Waals surface area contributed by atoms with Gasteiger partial charge in [-0.2, -0.15) is 0 Å². The van der Waals surface area contributed by atoms with Gasteiger partial charge < -0.3 is 19.7 Å². The number of hydrogen-bond acceptors (Lipinski definition) is 4. The van der Waals surface area contributed by atoms with E-state index in [1.165, 1.54) is 0 Å². The third-order valence-electron chi connectivity index (χ3n) is 3.73. The molecule has 0 radical (unpaired) electrons. The maximum atomic E-state index is 12.2. The number of carbonyl (C=O) groups excluding carboxylic acids is 2. The molecule has 2 aliphatic rings. The highest BCUT2D eigenvalue weighted by Gasteiger charge is 2.31. The molecule has 1 atom stereocenters. The first-order valence-corrected chi connectivity index (χ1v) is 7.75. The number of ether oxygens (including phenoxy) is 2. The van der Waals surface area contributed by atoms with Gasteiger partial charge in [-0.15, -0.1) is 0 Å². The topological polar surface area (TPSA) is 67.9 Å². The van der Waals surface area contributed by atoms with Crippen molar-refractivity contribution in [3.63, 3.8) is 0 Å². The summed E-state index contributed by atoms with van der Waals surface area (Å²) in [7, 11) is 0. The Hall–Kier alpha value is -1.30. The summed E-state index contributed by atoms with van der Waals surface area (Å²) < 4.78 is 10.7. The molecule has 2 aliphatic heterocycles. The molecular formula is C15H26N2O4. The van der Waals surface area contributed by atoms with Gasteiger partial charge in [-0.3, -0.25) is 4.79 Å². The molecule has 1 unspecified atom stereocenters. The second-order valence-electron chi connectivity index (χ2n) is 6.75. The minimum Gasteiger partial charge on any atom is -0.444 e. The first kappa shape index (κ1) is 16.1. The number of hydrogen-bond donors (Lipinski definition) is 1. The van der Waals surface area contributed by atoms with Crippen molar-refractivity contribution in [2.75, 3.05) is 19.7 Å². The Labute approximate surface area is 126 Å². The Kier molecular flexibility index (Phi) is 5.08. The Morgan fingerprint density at radius 1 is 1.19 bits per heavy atom. The van der Waals surface area contributed by atoms with Crippen molar-refractivity contribution in [2.24, 2.45) is 0 Å². The SMILES string of the molecule is CC(C)(C)OC(=O)NC1CCN(C(=O)C2CCCO2)CC1. The molecule has 0 bridgehead atoms. The third-order valence-corrected chi connectivity index (χ3v) is 3.73. The zero-order valence-electron chi connectivity index (χ0n) is 13.2. The summed E-state index contributed by atoms with van der Waals surface area (Å²) in [5.41, 5.74) is -0.486. The summed E-state index contributed by atoms with van der Waals surface area (Å²) in [6.07, 6.45) is 2.68. The predicted molar refractivity (Wildman–Crippen MR) is 77.9 cm³/mol. The minimum atomic E-state index is -0.486. The monoisotopic (exact) mass is 298 g/mol. The van der Waals surface area contributed by atoms with Gasteiger partial charge in [0.2, 0.25) is 0 Å². The molecule has 2 amide bonds. The fraction of sp³-hybridized carbons (Fsp3) is 0.867. The van der Waals surface area contributed by atoms with E-state index in [0.29, 0.717) is 19.7 Å². The summed E-state index contributed by atoms with van der Waals surface area (Å²) in [6, 6.07) is 0.0772. The molecule has 6 nitrogen and oxygen atoms in total. The number of nitrogens with zero attached hydrogens (tertiary/aromatic N) is 1. The molecule has 0 aliphatic carbocycles. The fourth-order valence-corrected chi connectivity index (χ4v) is 2.69. The van der Waals surface area contributed by atoms with E-state index in [2.05, 4.69) is 5.32 Å². The second kappa shape index (κ2) is 6.64. The van der Waals surface area contributed by atoms with Crippen LogP contribution in [0.2, 0.25) is 0 Å². The molecular weight excluding hydrogens is 272 g/mol. The highest BCUT2D eigenvalue weighted by molar-refractivity contribution is 5.81. The fourth-order valence-electron chi connectivity index (χ4n) is 2.69. The van der Waals surface area contributed by atoms with Crippen LogP contribution in [-0.2, 0) is 14.3 Å². The largest absolute Gasteiger partial charge is 0.444 e. The molecule has 6 heteroatoms. The van der Waals surface area contributed by atoms with E-state index in [0.717, 1.165) is 25.7 Å². The van der Waals surface area contributed by atoms with E-state index in [4.69, 9.17) is 9.47 Å². The summed E-state index contributed by atoms with van der Waals surface area (Å²) in [5, 5.41) is 2.87. The summed E-state index contributed by atoms with van der Waals surface area (Å²) >= 11 is 0. The maximum Gasteiger partial charge on any atom is 0.407 e. The van der Waals surface area contributed by atoms with Gasteiger partial charge in [0.15, 0.2) is 0 Å². The molecule has 2 heterocycles. The van der Waals surface area contributed by atoms with E-state index in [9.17, 15) is 9.59 Å². The van der Waals surface area contributed by atoms with E-state index in [-0.39, 0.29) is 24.1 Å². The first-order chi connectivity index (χ1) is 9.85. The lowest BCUT2D eigenvalue weighted by Gasteiger charge is -2.34. The lowest BCUT2D eigenvalue weighted by molar-refractivity contribution is -0.142. The quantitative estimate of drug-likeness (QED) is 0.842. The highest BCUT2D eigenvalue weighted by atomic mass is 16.6. The molecule has 0 aromatic heterocycles. The Morgan fingerprint density at radius 3 is 2.38 bits per heavy atom. The van der Waals surface area contributed by atoms with Gasteiger partial charge in [-0.25, -0.2) is 4.79 Å².